The maximum Gasteiger partial charge on any atom is 0.322 e. The quantitative estimate of drug-likeness (QED) is 0.627. The van der Waals surface area contributed by atoms with Crippen LogP contribution in [0.2, 0.25) is 0 Å². The van der Waals surface area contributed by atoms with Crippen LogP contribution in [0.25, 0.3) is 11.5 Å². The average Bonchev–Trinajstić information content (AvgIpc) is 3.09. The lowest BCUT2D eigenvalue weighted by Gasteiger charge is -2.03. The molecule has 0 saturated carbocycles. The highest BCUT2D eigenvalue weighted by Gasteiger charge is 2.19. The number of rotatable bonds is 6. The highest BCUT2D eigenvalue weighted by Crippen LogP contribution is 2.27. The fraction of sp³-hybridized carbons (Fsp3) is 0.118. The van der Waals surface area contributed by atoms with Crippen LogP contribution in [0.1, 0.15) is 0 Å². The number of sulfone groups is 1. The molecule has 3 aromatic rings. The SMILES string of the molecule is CS(=O)(=O)c1ccccc1-c1nnc(NC(=O)CSc2ccc(F)cc2)o1. The molecule has 0 aliphatic rings. The second-order valence-electron chi connectivity index (χ2n) is 5.47. The number of hydrogen-bond donors (Lipinski definition) is 1. The van der Waals surface area contributed by atoms with Gasteiger partial charge in [0.25, 0.3) is 5.89 Å². The van der Waals surface area contributed by atoms with Gasteiger partial charge in [0.15, 0.2) is 9.84 Å². The Morgan fingerprint density at radius 3 is 2.56 bits per heavy atom. The second kappa shape index (κ2) is 7.89. The summed E-state index contributed by atoms with van der Waals surface area (Å²) in [6, 6.07) is 11.8. The Labute approximate surface area is 158 Å². The monoisotopic (exact) mass is 407 g/mol. The van der Waals surface area contributed by atoms with Gasteiger partial charge in [0.05, 0.1) is 16.2 Å². The van der Waals surface area contributed by atoms with Crippen molar-refractivity contribution in [3.05, 3.63) is 54.3 Å². The zero-order valence-corrected chi connectivity index (χ0v) is 15.7. The van der Waals surface area contributed by atoms with Gasteiger partial charge in [-0.3, -0.25) is 10.1 Å². The number of amides is 1. The van der Waals surface area contributed by atoms with Crippen LogP contribution in [-0.4, -0.2) is 36.5 Å². The van der Waals surface area contributed by atoms with Crippen LogP contribution in [0, 0.1) is 5.82 Å². The first kappa shape index (κ1) is 19.1. The van der Waals surface area contributed by atoms with E-state index >= 15 is 0 Å². The maximum atomic E-state index is 12.9. The van der Waals surface area contributed by atoms with E-state index in [1.54, 1.807) is 30.3 Å². The Kier molecular flexibility index (Phi) is 5.57. The minimum Gasteiger partial charge on any atom is -0.403 e. The van der Waals surface area contributed by atoms with E-state index in [9.17, 15) is 17.6 Å². The van der Waals surface area contributed by atoms with E-state index in [4.69, 9.17) is 4.42 Å². The summed E-state index contributed by atoms with van der Waals surface area (Å²) < 4.78 is 42.0. The van der Waals surface area contributed by atoms with Crippen LogP contribution < -0.4 is 5.32 Å². The standard InChI is InChI=1S/C17H14FN3O4S2/c1-27(23,24)14-5-3-2-4-13(14)16-20-21-17(25-16)19-15(22)10-26-12-8-6-11(18)7-9-12/h2-9H,10H2,1H3,(H,19,21,22). The summed E-state index contributed by atoms with van der Waals surface area (Å²) in [6.07, 6.45) is 1.08. The maximum absolute atomic E-state index is 12.9. The van der Waals surface area contributed by atoms with E-state index in [0.717, 1.165) is 11.2 Å². The molecule has 0 atom stereocenters. The first-order chi connectivity index (χ1) is 12.8. The van der Waals surface area contributed by atoms with Crippen molar-refractivity contribution in [3.8, 4) is 11.5 Å². The average molecular weight is 407 g/mol. The Morgan fingerprint density at radius 1 is 1.15 bits per heavy atom. The molecular weight excluding hydrogens is 393 g/mol. The molecule has 7 nitrogen and oxygen atoms in total. The first-order valence-electron chi connectivity index (χ1n) is 7.64. The van der Waals surface area contributed by atoms with Crippen molar-refractivity contribution in [2.75, 3.05) is 17.3 Å². The lowest BCUT2D eigenvalue weighted by atomic mass is 10.2. The number of nitrogens with one attached hydrogen (secondary N) is 1. The molecule has 0 saturated heterocycles. The van der Waals surface area contributed by atoms with Crippen molar-refractivity contribution in [1.29, 1.82) is 0 Å². The molecule has 1 amide bonds. The molecule has 1 heterocycles. The van der Waals surface area contributed by atoms with E-state index < -0.39 is 15.7 Å². The summed E-state index contributed by atoms with van der Waals surface area (Å²) in [4.78, 5) is 12.8. The largest absolute Gasteiger partial charge is 0.403 e. The molecule has 1 aromatic heterocycles. The van der Waals surface area contributed by atoms with E-state index in [-0.39, 0.29) is 33.9 Å². The Bertz CT molecular complexity index is 1070. The minimum atomic E-state index is -3.48. The van der Waals surface area contributed by atoms with Gasteiger partial charge in [-0.05, 0) is 36.4 Å². The Hall–Kier alpha value is -2.72. The van der Waals surface area contributed by atoms with E-state index in [1.165, 1.54) is 30.0 Å². The number of nitrogens with zero attached hydrogens (tertiary/aromatic N) is 2. The minimum absolute atomic E-state index is 0.0162. The molecule has 1 N–H and O–H groups in total. The van der Waals surface area contributed by atoms with Gasteiger partial charge in [-0.25, -0.2) is 12.8 Å². The van der Waals surface area contributed by atoms with Gasteiger partial charge < -0.3 is 4.42 Å². The zero-order valence-electron chi connectivity index (χ0n) is 14.0. The molecule has 0 bridgehead atoms. The van der Waals surface area contributed by atoms with Crippen LogP contribution in [0.15, 0.2) is 62.7 Å². The molecule has 0 aliphatic heterocycles. The third-order valence-electron chi connectivity index (χ3n) is 3.37. The van der Waals surface area contributed by atoms with Crippen molar-refractivity contribution >= 4 is 33.5 Å². The molecular formula is C17H14FN3O4S2. The number of anilines is 1. The lowest BCUT2D eigenvalue weighted by Crippen LogP contribution is -2.14. The third kappa shape index (κ3) is 4.92. The molecule has 0 unspecified atom stereocenters. The Morgan fingerprint density at radius 2 is 1.85 bits per heavy atom. The summed E-state index contributed by atoms with van der Waals surface area (Å²) in [7, 11) is -3.48. The van der Waals surface area contributed by atoms with Crippen molar-refractivity contribution in [1.82, 2.24) is 10.2 Å². The van der Waals surface area contributed by atoms with Crippen LogP contribution in [0.5, 0.6) is 0 Å². The number of aromatic nitrogens is 2. The van der Waals surface area contributed by atoms with E-state index in [2.05, 4.69) is 15.5 Å². The molecule has 0 radical (unpaired) electrons. The smallest absolute Gasteiger partial charge is 0.322 e. The normalized spacial score (nSPS) is 11.3. The summed E-state index contributed by atoms with van der Waals surface area (Å²) >= 11 is 1.22. The summed E-state index contributed by atoms with van der Waals surface area (Å²) in [5, 5.41) is 9.97. The third-order valence-corrected chi connectivity index (χ3v) is 5.54. The van der Waals surface area contributed by atoms with Crippen LogP contribution in [0.3, 0.4) is 0 Å². The Balaban J connectivity index is 1.68. The molecule has 2 aromatic carbocycles. The highest BCUT2D eigenvalue weighted by molar-refractivity contribution is 8.00. The number of thioether (sulfide) groups is 1. The summed E-state index contributed by atoms with van der Waals surface area (Å²) in [5.41, 5.74) is 0.258. The van der Waals surface area contributed by atoms with Gasteiger partial charge in [0.2, 0.25) is 5.91 Å². The number of halogens is 1. The van der Waals surface area contributed by atoms with E-state index in [0.29, 0.717) is 0 Å². The van der Waals surface area contributed by atoms with Crippen LogP contribution in [0.4, 0.5) is 10.4 Å². The first-order valence-corrected chi connectivity index (χ1v) is 10.5. The summed E-state index contributed by atoms with van der Waals surface area (Å²) in [6.45, 7) is 0. The molecule has 140 valence electrons. The summed E-state index contributed by atoms with van der Waals surface area (Å²) in [5.74, 6) is -0.700. The molecule has 3 rings (SSSR count). The van der Waals surface area contributed by atoms with Crippen LogP contribution in [-0.2, 0) is 14.6 Å². The molecule has 0 spiro atoms. The van der Waals surface area contributed by atoms with Gasteiger partial charge in [-0.1, -0.05) is 17.2 Å². The fourth-order valence-corrected chi connectivity index (χ4v) is 3.76. The second-order valence-corrected chi connectivity index (χ2v) is 8.50. The highest BCUT2D eigenvalue weighted by atomic mass is 32.2. The topological polar surface area (TPSA) is 102 Å². The van der Waals surface area contributed by atoms with Gasteiger partial charge in [0, 0.05) is 11.2 Å². The fourth-order valence-electron chi connectivity index (χ4n) is 2.18. The molecule has 10 heteroatoms. The van der Waals surface area contributed by atoms with Gasteiger partial charge in [-0.2, -0.15) is 0 Å². The predicted molar refractivity (Wildman–Crippen MR) is 98.6 cm³/mol. The molecule has 0 aliphatic carbocycles. The lowest BCUT2D eigenvalue weighted by molar-refractivity contribution is -0.113. The van der Waals surface area contributed by atoms with Crippen molar-refractivity contribution in [2.24, 2.45) is 0 Å². The molecule has 0 fully saturated rings. The number of benzene rings is 2. The number of carbonyl (C=O) groups excluding carboxylic acids is 1. The molecule has 27 heavy (non-hydrogen) atoms. The van der Waals surface area contributed by atoms with Crippen molar-refractivity contribution in [2.45, 2.75) is 9.79 Å². The number of carbonyl (C=O) groups is 1. The van der Waals surface area contributed by atoms with Crippen LogP contribution >= 0.6 is 11.8 Å². The zero-order chi connectivity index (χ0) is 19.4. The van der Waals surface area contributed by atoms with Crippen molar-refractivity contribution < 1.29 is 22.0 Å². The number of hydrogen-bond acceptors (Lipinski definition) is 7. The predicted octanol–water partition coefficient (Wildman–Crippen LogP) is 3.01. The van der Waals surface area contributed by atoms with Gasteiger partial charge in [-0.15, -0.1) is 16.9 Å². The van der Waals surface area contributed by atoms with Crippen molar-refractivity contribution in [3.63, 3.8) is 0 Å². The van der Waals surface area contributed by atoms with E-state index in [1.807, 2.05) is 0 Å². The van der Waals surface area contributed by atoms with Gasteiger partial charge >= 0.3 is 6.01 Å². The van der Waals surface area contributed by atoms with Gasteiger partial charge in [0.1, 0.15) is 5.82 Å².